The van der Waals surface area contributed by atoms with Gasteiger partial charge in [-0.3, -0.25) is 0 Å². The van der Waals surface area contributed by atoms with Crippen LogP contribution >= 0.6 is 0 Å². The van der Waals surface area contributed by atoms with Crippen LogP contribution in [0.25, 0.3) is 0 Å². The van der Waals surface area contributed by atoms with Crippen LogP contribution in [0.4, 0.5) is 0 Å². The second-order valence-corrected chi connectivity index (χ2v) is 3.78. The predicted molar refractivity (Wildman–Crippen MR) is 56.8 cm³/mol. The van der Waals surface area contributed by atoms with Crippen LogP contribution in [0.3, 0.4) is 0 Å². The fourth-order valence-corrected chi connectivity index (χ4v) is 1.29. The summed E-state index contributed by atoms with van der Waals surface area (Å²) in [5.74, 6) is 0.563. The summed E-state index contributed by atoms with van der Waals surface area (Å²) in [6.07, 6.45) is 1.09. The SMILES string of the molecule is COCCCN(C)C(C)C(C)CN. The highest BCUT2D eigenvalue weighted by molar-refractivity contribution is 4.70. The lowest BCUT2D eigenvalue weighted by atomic mass is 10.0. The zero-order chi connectivity index (χ0) is 10.3. The molecule has 80 valence electrons. The molecule has 3 heteroatoms. The minimum absolute atomic E-state index is 0.557. The van der Waals surface area contributed by atoms with Crippen molar-refractivity contribution in [3.63, 3.8) is 0 Å². The topological polar surface area (TPSA) is 38.5 Å². The zero-order valence-corrected chi connectivity index (χ0v) is 9.42. The molecule has 0 aliphatic heterocycles. The number of hydrogen-bond donors (Lipinski definition) is 1. The van der Waals surface area contributed by atoms with Gasteiger partial charge < -0.3 is 15.4 Å². The van der Waals surface area contributed by atoms with Crippen molar-refractivity contribution in [3.8, 4) is 0 Å². The highest BCUT2D eigenvalue weighted by Gasteiger charge is 2.14. The van der Waals surface area contributed by atoms with Crippen molar-refractivity contribution in [2.75, 3.05) is 33.9 Å². The molecule has 0 aromatic carbocycles. The van der Waals surface area contributed by atoms with Crippen molar-refractivity contribution >= 4 is 0 Å². The van der Waals surface area contributed by atoms with E-state index in [1.807, 2.05) is 0 Å². The van der Waals surface area contributed by atoms with E-state index in [-0.39, 0.29) is 0 Å². The number of methoxy groups -OCH3 is 1. The molecule has 0 amide bonds. The van der Waals surface area contributed by atoms with E-state index in [0.29, 0.717) is 12.0 Å². The molecule has 0 saturated heterocycles. The average molecular weight is 188 g/mol. The second kappa shape index (κ2) is 7.30. The van der Waals surface area contributed by atoms with Gasteiger partial charge in [-0.15, -0.1) is 0 Å². The van der Waals surface area contributed by atoms with Gasteiger partial charge in [0, 0.05) is 26.3 Å². The molecule has 2 atom stereocenters. The van der Waals surface area contributed by atoms with Crippen molar-refractivity contribution in [2.45, 2.75) is 26.3 Å². The lowest BCUT2D eigenvalue weighted by Gasteiger charge is -2.28. The molecule has 0 aliphatic carbocycles. The molecule has 0 heterocycles. The summed E-state index contributed by atoms with van der Waals surface area (Å²) in [6.45, 7) is 7.10. The van der Waals surface area contributed by atoms with Crippen molar-refractivity contribution < 1.29 is 4.74 Å². The first kappa shape index (κ1) is 12.9. The van der Waals surface area contributed by atoms with Gasteiger partial charge in [0.05, 0.1) is 0 Å². The molecule has 0 radical (unpaired) electrons. The van der Waals surface area contributed by atoms with Crippen LogP contribution in [0.15, 0.2) is 0 Å². The Labute approximate surface area is 82.2 Å². The monoisotopic (exact) mass is 188 g/mol. The quantitative estimate of drug-likeness (QED) is 0.604. The van der Waals surface area contributed by atoms with Gasteiger partial charge in [0.15, 0.2) is 0 Å². The van der Waals surface area contributed by atoms with Gasteiger partial charge in [-0.2, -0.15) is 0 Å². The normalized spacial score (nSPS) is 16.2. The molecule has 2 N–H and O–H groups in total. The lowest BCUT2D eigenvalue weighted by Crippen LogP contribution is -2.38. The Balaban J connectivity index is 3.62. The minimum Gasteiger partial charge on any atom is -0.385 e. The molecular formula is C10H24N2O. The molecule has 0 aromatic rings. The first-order valence-electron chi connectivity index (χ1n) is 5.02. The van der Waals surface area contributed by atoms with E-state index in [1.165, 1.54) is 0 Å². The Morgan fingerprint density at radius 3 is 2.46 bits per heavy atom. The van der Waals surface area contributed by atoms with Crippen LogP contribution in [0.1, 0.15) is 20.3 Å². The van der Waals surface area contributed by atoms with E-state index < -0.39 is 0 Å². The third-order valence-corrected chi connectivity index (χ3v) is 2.75. The van der Waals surface area contributed by atoms with Crippen molar-refractivity contribution in [1.82, 2.24) is 4.90 Å². The van der Waals surface area contributed by atoms with Crippen molar-refractivity contribution in [3.05, 3.63) is 0 Å². The maximum atomic E-state index is 5.61. The van der Waals surface area contributed by atoms with E-state index in [2.05, 4.69) is 25.8 Å². The van der Waals surface area contributed by atoms with Crippen LogP contribution in [-0.2, 0) is 4.74 Å². The van der Waals surface area contributed by atoms with Crippen LogP contribution in [0.2, 0.25) is 0 Å². The molecule has 0 bridgehead atoms. The Kier molecular flexibility index (Phi) is 7.23. The molecule has 0 fully saturated rings. The first-order chi connectivity index (χ1) is 6.13. The standard InChI is InChI=1S/C10H24N2O/c1-9(8-11)10(2)12(3)6-5-7-13-4/h9-10H,5-8,11H2,1-4H3. The summed E-state index contributed by atoms with van der Waals surface area (Å²) in [4.78, 5) is 2.34. The predicted octanol–water partition coefficient (Wildman–Crippen LogP) is 0.938. The third-order valence-electron chi connectivity index (χ3n) is 2.75. The fourth-order valence-electron chi connectivity index (χ4n) is 1.29. The fraction of sp³-hybridized carbons (Fsp3) is 1.00. The number of rotatable bonds is 7. The van der Waals surface area contributed by atoms with Gasteiger partial charge in [-0.1, -0.05) is 6.92 Å². The summed E-state index contributed by atoms with van der Waals surface area (Å²) in [6, 6.07) is 0.557. The first-order valence-corrected chi connectivity index (χ1v) is 5.02. The molecule has 0 spiro atoms. The molecular weight excluding hydrogens is 164 g/mol. The summed E-state index contributed by atoms with van der Waals surface area (Å²) in [5.41, 5.74) is 5.61. The maximum absolute atomic E-state index is 5.61. The van der Waals surface area contributed by atoms with Gasteiger partial charge in [0.1, 0.15) is 0 Å². The van der Waals surface area contributed by atoms with Crippen molar-refractivity contribution in [2.24, 2.45) is 11.7 Å². The summed E-state index contributed by atoms with van der Waals surface area (Å²) < 4.78 is 5.01. The number of hydrogen-bond acceptors (Lipinski definition) is 3. The largest absolute Gasteiger partial charge is 0.385 e. The van der Waals surface area contributed by atoms with Crippen LogP contribution < -0.4 is 5.73 Å². The Morgan fingerprint density at radius 1 is 1.38 bits per heavy atom. The maximum Gasteiger partial charge on any atom is 0.0474 e. The van der Waals surface area contributed by atoms with Gasteiger partial charge in [0.25, 0.3) is 0 Å². The van der Waals surface area contributed by atoms with E-state index >= 15 is 0 Å². The van der Waals surface area contributed by atoms with E-state index in [4.69, 9.17) is 10.5 Å². The number of ether oxygens (including phenoxy) is 1. The van der Waals surface area contributed by atoms with E-state index in [9.17, 15) is 0 Å². The van der Waals surface area contributed by atoms with Gasteiger partial charge >= 0.3 is 0 Å². The Bertz CT molecular complexity index is 119. The Morgan fingerprint density at radius 2 is 2.00 bits per heavy atom. The summed E-state index contributed by atoms with van der Waals surface area (Å²) in [5, 5.41) is 0. The minimum atomic E-state index is 0.557. The molecule has 13 heavy (non-hydrogen) atoms. The summed E-state index contributed by atoms with van der Waals surface area (Å²) >= 11 is 0. The van der Waals surface area contributed by atoms with Crippen LogP contribution in [0, 0.1) is 5.92 Å². The molecule has 0 saturated carbocycles. The smallest absolute Gasteiger partial charge is 0.0474 e. The zero-order valence-electron chi connectivity index (χ0n) is 9.42. The van der Waals surface area contributed by atoms with Crippen molar-refractivity contribution in [1.29, 1.82) is 0 Å². The Hall–Kier alpha value is -0.120. The molecule has 2 unspecified atom stereocenters. The average Bonchev–Trinajstić information content (AvgIpc) is 2.15. The summed E-state index contributed by atoms with van der Waals surface area (Å²) in [7, 11) is 3.89. The molecule has 0 aromatic heterocycles. The highest BCUT2D eigenvalue weighted by atomic mass is 16.5. The molecule has 0 aliphatic rings. The highest BCUT2D eigenvalue weighted by Crippen LogP contribution is 2.07. The molecule has 0 rings (SSSR count). The number of nitrogens with two attached hydrogens (primary N) is 1. The van der Waals surface area contributed by atoms with Gasteiger partial charge in [-0.25, -0.2) is 0 Å². The van der Waals surface area contributed by atoms with Crippen LogP contribution in [0.5, 0.6) is 0 Å². The molecule has 3 nitrogen and oxygen atoms in total. The van der Waals surface area contributed by atoms with Gasteiger partial charge in [0.2, 0.25) is 0 Å². The van der Waals surface area contributed by atoms with E-state index in [0.717, 1.165) is 26.1 Å². The number of nitrogens with zero attached hydrogens (tertiary/aromatic N) is 1. The van der Waals surface area contributed by atoms with E-state index in [1.54, 1.807) is 7.11 Å². The lowest BCUT2D eigenvalue weighted by molar-refractivity contribution is 0.153. The third kappa shape index (κ3) is 5.24. The second-order valence-electron chi connectivity index (χ2n) is 3.78. The van der Waals surface area contributed by atoms with Gasteiger partial charge in [-0.05, 0) is 32.9 Å². The van der Waals surface area contributed by atoms with Crippen LogP contribution in [-0.4, -0.2) is 44.8 Å².